The van der Waals surface area contributed by atoms with Gasteiger partial charge in [-0.3, -0.25) is 4.79 Å². The van der Waals surface area contributed by atoms with E-state index >= 15 is 0 Å². The number of oxime groups is 1. The largest absolute Gasteiger partial charge is 0.455 e. The van der Waals surface area contributed by atoms with Crippen LogP contribution in [0.2, 0.25) is 18.1 Å². The van der Waals surface area contributed by atoms with Crippen molar-refractivity contribution in [2.45, 2.75) is 58.2 Å². The predicted octanol–water partition coefficient (Wildman–Crippen LogP) is 5.60. The summed E-state index contributed by atoms with van der Waals surface area (Å²) in [6.45, 7) is 11.0. The summed E-state index contributed by atoms with van der Waals surface area (Å²) in [5.41, 5.74) is 0.730. The number of benzene rings is 1. The van der Waals surface area contributed by atoms with E-state index < -0.39 is 8.32 Å². The maximum Gasteiger partial charge on any atom is 0.286 e. The van der Waals surface area contributed by atoms with Crippen LogP contribution in [0.15, 0.2) is 47.6 Å². The van der Waals surface area contributed by atoms with E-state index in [1.165, 1.54) is 0 Å². The Balaban J connectivity index is 2.24. The molecule has 4 heteroatoms. The van der Waals surface area contributed by atoms with Crippen molar-refractivity contribution in [2.75, 3.05) is 0 Å². The molecule has 0 atom stereocenters. The molecule has 1 rings (SSSR count). The molecule has 0 bridgehead atoms. The van der Waals surface area contributed by atoms with Gasteiger partial charge in [0.25, 0.3) is 8.32 Å². The van der Waals surface area contributed by atoms with Crippen LogP contribution in [0.3, 0.4) is 0 Å². The van der Waals surface area contributed by atoms with Crippen molar-refractivity contribution in [1.82, 2.24) is 0 Å². The molecule has 0 spiro atoms. The lowest BCUT2D eigenvalue weighted by Crippen LogP contribution is -2.39. The molecule has 1 aromatic rings. The highest BCUT2D eigenvalue weighted by Crippen LogP contribution is 2.36. The van der Waals surface area contributed by atoms with Crippen LogP contribution in [0.5, 0.6) is 0 Å². The van der Waals surface area contributed by atoms with E-state index in [9.17, 15) is 4.79 Å². The minimum atomic E-state index is -1.79. The van der Waals surface area contributed by atoms with Gasteiger partial charge in [-0.1, -0.05) is 57.2 Å². The van der Waals surface area contributed by atoms with Crippen LogP contribution in [0, 0.1) is 0 Å². The second kappa shape index (κ2) is 8.82. The summed E-state index contributed by atoms with van der Waals surface area (Å²) in [5.74, 6) is 0.0560. The third-order valence-electron chi connectivity index (χ3n) is 4.19. The molecule has 126 valence electrons. The average Bonchev–Trinajstić information content (AvgIpc) is 2.49. The fourth-order valence-corrected chi connectivity index (χ4v) is 2.19. The van der Waals surface area contributed by atoms with Crippen molar-refractivity contribution in [3.05, 3.63) is 48.0 Å². The maximum atomic E-state index is 11.9. The lowest BCUT2D eigenvalue weighted by molar-refractivity contribution is 0.104. The lowest BCUT2D eigenvalue weighted by atomic mass is 10.1. The Morgan fingerprint density at radius 2 is 1.83 bits per heavy atom. The Kier molecular flexibility index (Phi) is 7.43. The van der Waals surface area contributed by atoms with E-state index in [1.54, 1.807) is 6.08 Å². The zero-order chi connectivity index (χ0) is 17.3. The molecule has 0 fully saturated rings. The Hall–Kier alpha value is -1.68. The van der Waals surface area contributed by atoms with E-state index in [4.69, 9.17) is 4.53 Å². The number of carbonyl (C=O) groups is 1. The summed E-state index contributed by atoms with van der Waals surface area (Å²) >= 11 is 0. The molecule has 1 aromatic carbocycles. The standard InChI is InChI=1S/C19H29NO2Si/c1-19(2,3)23(4,5)22-20-16-12-7-6-11-15-18(21)17-13-9-8-10-14-17/h8-11,13-16H,6-7,12H2,1-5H3/b15-11+,20-16+. The molecule has 0 amide bonds. The SMILES string of the molecule is CC(C)(C)[Si](C)(C)O/N=C/CCC/C=C/C(=O)c1ccccc1. The highest BCUT2D eigenvalue weighted by Gasteiger charge is 2.39. The molecule has 23 heavy (non-hydrogen) atoms. The molecule has 0 N–H and O–H groups in total. The molecule has 0 radical (unpaired) electrons. The van der Waals surface area contributed by atoms with Crippen molar-refractivity contribution in [3.8, 4) is 0 Å². The van der Waals surface area contributed by atoms with E-state index in [0.29, 0.717) is 0 Å². The molecule has 3 nitrogen and oxygen atoms in total. The molecule has 0 aromatic heterocycles. The first-order valence-electron chi connectivity index (χ1n) is 8.20. The van der Waals surface area contributed by atoms with Crippen molar-refractivity contribution in [1.29, 1.82) is 0 Å². The van der Waals surface area contributed by atoms with Gasteiger partial charge in [0, 0.05) is 11.8 Å². The Morgan fingerprint density at radius 1 is 1.17 bits per heavy atom. The zero-order valence-electron chi connectivity index (χ0n) is 15.0. The topological polar surface area (TPSA) is 38.7 Å². The zero-order valence-corrected chi connectivity index (χ0v) is 16.0. The van der Waals surface area contributed by atoms with E-state index in [-0.39, 0.29) is 10.8 Å². The monoisotopic (exact) mass is 331 g/mol. The van der Waals surface area contributed by atoms with Gasteiger partial charge in [-0.25, -0.2) is 0 Å². The maximum absolute atomic E-state index is 11.9. The van der Waals surface area contributed by atoms with Crippen molar-refractivity contribution in [2.24, 2.45) is 5.16 Å². The third kappa shape index (κ3) is 6.95. The van der Waals surface area contributed by atoms with Gasteiger partial charge >= 0.3 is 0 Å². The van der Waals surface area contributed by atoms with Crippen LogP contribution in [-0.2, 0) is 4.53 Å². The number of unbranched alkanes of at least 4 members (excludes halogenated alkanes) is 2. The molecular formula is C19H29NO2Si. The number of rotatable bonds is 8. The van der Waals surface area contributed by atoms with Crippen LogP contribution >= 0.6 is 0 Å². The van der Waals surface area contributed by atoms with Gasteiger partial charge in [0.05, 0.1) is 0 Å². The van der Waals surface area contributed by atoms with Crippen LogP contribution in [-0.4, -0.2) is 20.3 Å². The minimum absolute atomic E-state index is 0.0560. The molecule has 0 aliphatic carbocycles. The number of hydrogen-bond acceptors (Lipinski definition) is 3. The first-order chi connectivity index (χ1) is 10.7. The van der Waals surface area contributed by atoms with Crippen LogP contribution in [0.25, 0.3) is 0 Å². The summed E-state index contributed by atoms with van der Waals surface area (Å²) in [5, 5.41) is 4.31. The van der Waals surface area contributed by atoms with Crippen molar-refractivity contribution >= 4 is 20.3 Å². The summed E-state index contributed by atoms with van der Waals surface area (Å²) in [6.07, 6.45) is 8.11. The van der Waals surface area contributed by atoms with Gasteiger partial charge in [-0.15, -0.1) is 5.16 Å². The van der Waals surface area contributed by atoms with Crippen molar-refractivity contribution < 1.29 is 9.32 Å². The molecule has 0 saturated heterocycles. The van der Waals surface area contributed by atoms with Gasteiger partial charge in [0.15, 0.2) is 5.78 Å². The molecule has 0 unspecified atom stereocenters. The Bertz CT molecular complexity index is 542. The predicted molar refractivity (Wildman–Crippen MR) is 101 cm³/mol. The van der Waals surface area contributed by atoms with Crippen LogP contribution in [0.4, 0.5) is 0 Å². The molecular weight excluding hydrogens is 302 g/mol. The summed E-state index contributed by atoms with van der Waals surface area (Å²) in [4.78, 5) is 11.9. The van der Waals surface area contributed by atoms with Gasteiger partial charge in [-0.05, 0) is 43.5 Å². The molecule has 0 saturated carbocycles. The lowest BCUT2D eigenvalue weighted by Gasteiger charge is -2.33. The van der Waals surface area contributed by atoms with Crippen molar-refractivity contribution in [3.63, 3.8) is 0 Å². The normalized spacial score (nSPS) is 12.9. The quantitative estimate of drug-likeness (QED) is 0.155. The Labute approximate surface area is 141 Å². The molecule has 0 aliphatic heterocycles. The fraction of sp³-hybridized carbons (Fsp3) is 0.474. The minimum Gasteiger partial charge on any atom is -0.455 e. The summed E-state index contributed by atoms with van der Waals surface area (Å²) < 4.78 is 5.73. The van der Waals surface area contributed by atoms with E-state index in [2.05, 4.69) is 39.0 Å². The number of allylic oxidation sites excluding steroid dienone is 2. The van der Waals surface area contributed by atoms with Crippen LogP contribution in [0.1, 0.15) is 50.4 Å². The average molecular weight is 332 g/mol. The highest BCUT2D eigenvalue weighted by molar-refractivity contribution is 6.74. The second-order valence-corrected chi connectivity index (χ2v) is 11.9. The summed E-state index contributed by atoms with van der Waals surface area (Å²) in [6, 6.07) is 9.32. The first-order valence-corrected chi connectivity index (χ1v) is 11.1. The first kappa shape index (κ1) is 19.4. The van der Waals surface area contributed by atoms with E-state index in [1.807, 2.05) is 42.6 Å². The molecule has 0 heterocycles. The smallest absolute Gasteiger partial charge is 0.286 e. The highest BCUT2D eigenvalue weighted by atomic mass is 28.4. The number of nitrogens with zero attached hydrogens (tertiary/aromatic N) is 1. The second-order valence-electron chi connectivity index (χ2n) is 7.20. The van der Waals surface area contributed by atoms with Gasteiger partial charge in [0.1, 0.15) is 0 Å². The fourth-order valence-electron chi connectivity index (χ4n) is 1.57. The van der Waals surface area contributed by atoms with E-state index in [0.717, 1.165) is 24.8 Å². The van der Waals surface area contributed by atoms with Crippen LogP contribution < -0.4 is 0 Å². The Morgan fingerprint density at radius 3 is 2.43 bits per heavy atom. The molecule has 0 aliphatic rings. The summed E-state index contributed by atoms with van der Waals surface area (Å²) in [7, 11) is -1.79. The van der Waals surface area contributed by atoms with Gasteiger partial charge < -0.3 is 4.53 Å². The van der Waals surface area contributed by atoms with Gasteiger partial charge in [-0.2, -0.15) is 0 Å². The third-order valence-corrected chi connectivity index (χ3v) is 8.37. The number of ketones is 1. The number of hydrogen-bond donors (Lipinski definition) is 0. The number of carbonyl (C=O) groups excluding carboxylic acids is 1. The van der Waals surface area contributed by atoms with Gasteiger partial charge in [0.2, 0.25) is 0 Å².